The Labute approximate surface area is 174 Å². The fraction of sp³-hybridized carbons (Fsp3) is 0.125. The average molecular weight is 397 g/mol. The summed E-state index contributed by atoms with van der Waals surface area (Å²) in [5, 5.41) is 18.8. The number of benzene rings is 3. The van der Waals surface area contributed by atoms with E-state index in [1.807, 2.05) is 42.5 Å². The van der Waals surface area contributed by atoms with Crippen molar-refractivity contribution in [1.29, 1.82) is 5.26 Å². The van der Waals surface area contributed by atoms with Crippen molar-refractivity contribution in [3.8, 4) is 23.1 Å². The van der Waals surface area contributed by atoms with Gasteiger partial charge < -0.3 is 0 Å². The standard InChI is InChI=1S/C24H20N4S/c1-17-8-13-22(14-18(17)2)28-23(21-6-4-3-5-7-21)26-27-24(28)29-16-20-11-9-19(15-25)10-12-20/h3-14H,16H2,1-2H3. The fourth-order valence-corrected chi connectivity index (χ4v) is 3.97. The molecule has 4 nitrogen and oxygen atoms in total. The van der Waals surface area contributed by atoms with Crippen LogP contribution in [-0.2, 0) is 5.75 Å². The molecule has 4 aromatic rings. The maximum absolute atomic E-state index is 8.97. The highest BCUT2D eigenvalue weighted by Crippen LogP contribution is 2.30. The molecule has 1 heterocycles. The topological polar surface area (TPSA) is 54.5 Å². The molecule has 0 amide bonds. The van der Waals surface area contributed by atoms with Crippen LogP contribution in [0.25, 0.3) is 17.1 Å². The highest BCUT2D eigenvalue weighted by molar-refractivity contribution is 7.98. The van der Waals surface area contributed by atoms with Gasteiger partial charge in [-0.05, 0) is 54.8 Å². The molecule has 5 heteroatoms. The summed E-state index contributed by atoms with van der Waals surface area (Å²) in [6.45, 7) is 4.24. The number of rotatable bonds is 5. The van der Waals surface area contributed by atoms with E-state index in [1.54, 1.807) is 11.8 Å². The first kappa shape index (κ1) is 19.0. The molecular weight excluding hydrogens is 376 g/mol. The summed E-state index contributed by atoms with van der Waals surface area (Å²) in [6, 6.07) is 26.4. The summed E-state index contributed by atoms with van der Waals surface area (Å²) in [5.74, 6) is 1.58. The first-order valence-corrected chi connectivity index (χ1v) is 10.3. The van der Waals surface area contributed by atoms with E-state index in [2.05, 4.69) is 65.0 Å². The van der Waals surface area contributed by atoms with Crippen LogP contribution in [0.4, 0.5) is 0 Å². The summed E-state index contributed by atoms with van der Waals surface area (Å²) in [5.41, 5.74) is 6.39. The van der Waals surface area contributed by atoms with Crippen LogP contribution in [0.15, 0.2) is 78.0 Å². The Hall–Kier alpha value is -3.36. The zero-order valence-electron chi connectivity index (χ0n) is 16.3. The van der Waals surface area contributed by atoms with Crippen molar-refractivity contribution in [2.75, 3.05) is 0 Å². The molecule has 1 aromatic heterocycles. The van der Waals surface area contributed by atoms with Crippen molar-refractivity contribution in [2.24, 2.45) is 0 Å². The summed E-state index contributed by atoms with van der Waals surface area (Å²) in [6.07, 6.45) is 0. The van der Waals surface area contributed by atoms with Gasteiger partial charge in [0.15, 0.2) is 11.0 Å². The van der Waals surface area contributed by atoms with Gasteiger partial charge in [0.1, 0.15) is 0 Å². The van der Waals surface area contributed by atoms with E-state index < -0.39 is 0 Å². The van der Waals surface area contributed by atoms with Crippen molar-refractivity contribution in [3.05, 3.63) is 95.1 Å². The third kappa shape index (κ3) is 4.08. The van der Waals surface area contributed by atoms with Crippen LogP contribution in [0, 0.1) is 25.2 Å². The number of thioether (sulfide) groups is 1. The van der Waals surface area contributed by atoms with Crippen LogP contribution in [-0.4, -0.2) is 14.8 Å². The lowest BCUT2D eigenvalue weighted by atomic mass is 10.1. The van der Waals surface area contributed by atoms with Crippen LogP contribution < -0.4 is 0 Å². The van der Waals surface area contributed by atoms with Gasteiger partial charge in [-0.2, -0.15) is 5.26 Å². The second-order valence-corrected chi connectivity index (χ2v) is 7.82. The zero-order valence-corrected chi connectivity index (χ0v) is 17.1. The molecular formula is C24H20N4S. The lowest BCUT2D eigenvalue weighted by molar-refractivity contribution is 0.884. The fourth-order valence-electron chi connectivity index (χ4n) is 3.06. The van der Waals surface area contributed by atoms with Gasteiger partial charge in [-0.15, -0.1) is 10.2 Å². The third-order valence-corrected chi connectivity index (χ3v) is 5.87. The average Bonchev–Trinajstić information content (AvgIpc) is 3.19. The van der Waals surface area contributed by atoms with E-state index in [4.69, 9.17) is 5.26 Å². The molecule has 29 heavy (non-hydrogen) atoms. The molecule has 3 aromatic carbocycles. The molecule has 0 saturated carbocycles. The minimum Gasteiger partial charge on any atom is -0.270 e. The van der Waals surface area contributed by atoms with Crippen LogP contribution >= 0.6 is 11.8 Å². The van der Waals surface area contributed by atoms with Crippen molar-refractivity contribution in [3.63, 3.8) is 0 Å². The van der Waals surface area contributed by atoms with Gasteiger partial charge in [0.25, 0.3) is 0 Å². The lowest BCUT2D eigenvalue weighted by Gasteiger charge is -2.12. The molecule has 0 aliphatic carbocycles. The van der Waals surface area contributed by atoms with Gasteiger partial charge in [-0.3, -0.25) is 4.57 Å². The largest absolute Gasteiger partial charge is 0.270 e. The molecule has 0 aliphatic heterocycles. The number of hydrogen-bond donors (Lipinski definition) is 0. The summed E-state index contributed by atoms with van der Waals surface area (Å²) in [7, 11) is 0. The van der Waals surface area contributed by atoms with Crippen LogP contribution in [0.1, 0.15) is 22.3 Å². The Kier molecular flexibility index (Phi) is 5.46. The lowest BCUT2D eigenvalue weighted by Crippen LogP contribution is -2.01. The third-order valence-electron chi connectivity index (χ3n) is 4.87. The maximum atomic E-state index is 8.97. The Morgan fingerprint density at radius 1 is 0.897 bits per heavy atom. The minimum atomic E-state index is 0.670. The molecule has 0 aliphatic rings. The summed E-state index contributed by atoms with van der Waals surface area (Å²) < 4.78 is 2.12. The van der Waals surface area contributed by atoms with Gasteiger partial charge in [-0.25, -0.2) is 0 Å². The predicted octanol–water partition coefficient (Wildman–Crippen LogP) is 5.72. The van der Waals surface area contributed by atoms with Crippen LogP contribution in [0.2, 0.25) is 0 Å². The Morgan fingerprint density at radius 2 is 1.66 bits per heavy atom. The van der Waals surface area contributed by atoms with Crippen LogP contribution in [0.5, 0.6) is 0 Å². The van der Waals surface area contributed by atoms with Gasteiger partial charge >= 0.3 is 0 Å². The quantitative estimate of drug-likeness (QED) is 0.405. The highest BCUT2D eigenvalue weighted by Gasteiger charge is 2.16. The summed E-state index contributed by atoms with van der Waals surface area (Å²) >= 11 is 1.64. The first-order valence-electron chi connectivity index (χ1n) is 9.36. The van der Waals surface area contributed by atoms with Gasteiger partial charge in [0.05, 0.1) is 17.3 Å². The van der Waals surface area contributed by atoms with E-state index in [9.17, 15) is 0 Å². The maximum Gasteiger partial charge on any atom is 0.196 e. The number of nitriles is 1. The smallest absolute Gasteiger partial charge is 0.196 e. The first-order chi connectivity index (χ1) is 14.2. The number of hydrogen-bond acceptors (Lipinski definition) is 4. The van der Waals surface area contributed by atoms with E-state index in [1.165, 1.54) is 11.1 Å². The molecule has 0 spiro atoms. The van der Waals surface area contributed by atoms with Crippen molar-refractivity contribution < 1.29 is 0 Å². The molecule has 0 saturated heterocycles. The van der Waals surface area contributed by atoms with E-state index in [-0.39, 0.29) is 0 Å². The molecule has 0 bridgehead atoms. The van der Waals surface area contributed by atoms with Crippen molar-refractivity contribution in [1.82, 2.24) is 14.8 Å². The second kappa shape index (κ2) is 8.34. The Balaban J connectivity index is 1.72. The van der Waals surface area contributed by atoms with Gasteiger partial charge in [0.2, 0.25) is 0 Å². The minimum absolute atomic E-state index is 0.670. The molecule has 4 rings (SSSR count). The molecule has 0 atom stereocenters. The van der Waals surface area contributed by atoms with E-state index in [0.29, 0.717) is 5.56 Å². The molecule has 142 valence electrons. The van der Waals surface area contributed by atoms with Gasteiger partial charge in [0, 0.05) is 11.3 Å². The van der Waals surface area contributed by atoms with E-state index >= 15 is 0 Å². The SMILES string of the molecule is Cc1ccc(-n2c(SCc3ccc(C#N)cc3)nnc2-c2ccccc2)cc1C. The monoisotopic (exact) mass is 396 g/mol. The van der Waals surface area contributed by atoms with Crippen LogP contribution in [0.3, 0.4) is 0 Å². The van der Waals surface area contributed by atoms with Gasteiger partial charge in [-0.1, -0.05) is 60.3 Å². The second-order valence-electron chi connectivity index (χ2n) is 6.87. The van der Waals surface area contributed by atoms with Crippen molar-refractivity contribution in [2.45, 2.75) is 24.8 Å². The zero-order chi connectivity index (χ0) is 20.2. The number of nitrogens with zero attached hydrogens (tertiary/aromatic N) is 4. The molecule has 0 fully saturated rings. The highest BCUT2D eigenvalue weighted by atomic mass is 32.2. The molecule has 0 N–H and O–H groups in total. The molecule has 0 unspecified atom stereocenters. The van der Waals surface area contributed by atoms with Crippen molar-refractivity contribution >= 4 is 11.8 Å². The predicted molar refractivity (Wildman–Crippen MR) is 117 cm³/mol. The number of aromatic nitrogens is 3. The Morgan fingerprint density at radius 3 is 2.34 bits per heavy atom. The summed E-state index contributed by atoms with van der Waals surface area (Å²) in [4.78, 5) is 0. The Bertz CT molecular complexity index is 1170. The normalized spacial score (nSPS) is 10.7. The molecule has 0 radical (unpaired) electrons. The number of aryl methyl sites for hydroxylation is 2. The van der Waals surface area contributed by atoms with E-state index in [0.717, 1.165) is 33.5 Å².